The zero-order valence-corrected chi connectivity index (χ0v) is 14.7. The van der Waals surface area contributed by atoms with Crippen molar-refractivity contribution in [1.82, 2.24) is 20.5 Å². The molecule has 26 heavy (non-hydrogen) atoms. The van der Waals surface area contributed by atoms with Crippen LogP contribution in [-0.4, -0.2) is 21.1 Å². The maximum atomic E-state index is 13.4. The molecule has 0 saturated carbocycles. The molecule has 2 N–H and O–H groups in total. The molecule has 0 aliphatic rings. The average Bonchev–Trinajstić information content (AvgIpc) is 3.08. The van der Waals surface area contributed by atoms with E-state index in [1.54, 1.807) is 42.7 Å². The van der Waals surface area contributed by atoms with Crippen LogP contribution in [-0.2, 0) is 4.79 Å². The van der Waals surface area contributed by atoms with Crippen molar-refractivity contribution in [1.29, 1.82) is 0 Å². The van der Waals surface area contributed by atoms with Gasteiger partial charge in [0.05, 0.1) is 23.6 Å². The average molecular weight is 371 g/mol. The Kier molecular flexibility index (Phi) is 5.43. The van der Waals surface area contributed by atoms with Crippen LogP contribution in [0.5, 0.6) is 0 Å². The van der Waals surface area contributed by atoms with Crippen molar-refractivity contribution in [2.45, 2.75) is 13.0 Å². The first kappa shape index (κ1) is 17.8. The van der Waals surface area contributed by atoms with Gasteiger partial charge in [-0.05, 0) is 37.3 Å². The number of aromatic amines is 1. The zero-order chi connectivity index (χ0) is 18.5. The molecule has 0 bridgehead atoms. The summed E-state index contributed by atoms with van der Waals surface area (Å²) in [6.45, 7) is 1.82. The summed E-state index contributed by atoms with van der Waals surface area (Å²) in [6.07, 6.45) is 6.19. The summed E-state index contributed by atoms with van der Waals surface area (Å²) in [5, 5.41) is 10.2. The van der Waals surface area contributed by atoms with E-state index in [-0.39, 0.29) is 17.8 Å². The predicted molar refractivity (Wildman–Crippen MR) is 98.8 cm³/mol. The summed E-state index contributed by atoms with van der Waals surface area (Å²) < 4.78 is 13.4. The maximum Gasteiger partial charge on any atom is 0.244 e. The van der Waals surface area contributed by atoms with E-state index in [2.05, 4.69) is 20.5 Å². The number of carbonyl (C=O) groups is 1. The highest BCUT2D eigenvalue weighted by atomic mass is 35.5. The van der Waals surface area contributed by atoms with E-state index in [9.17, 15) is 9.18 Å². The molecule has 5 nitrogen and oxygen atoms in total. The summed E-state index contributed by atoms with van der Waals surface area (Å²) >= 11 is 5.94. The van der Waals surface area contributed by atoms with Gasteiger partial charge in [-0.3, -0.25) is 14.9 Å². The van der Waals surface area contributed by atoms with E-state index < -0.39 is 0 Å². The topological polar surface area (TPSA) is 70.7 Å². The van der Waals surface area contributed by atoms with Gasteiger partial charge in [-0.1, -0.05) is 23.7 Å². The minimum atomic E-state index is -0.340. The van der Waals surface area contributed by atoms with Gasteiger partial charge in [-0.15, -0.1) is 0 Å². The first-order valence-electron chi connectivity index (χ1n) is 7.92. The Morgan fingerprint density at radius 2 is 2.19 bits per heavy atom. The van der Waals surface area contributed by atoms with Gasteiger partial charge in [0.2, 0.25) is 5.91 Å². The van der Waals surface area contributed by atoms with Crippen LogP contribution < -0.4 is 5.32 Å². The first-order chi connectivity index (χ1) is 12.5. The molecule has 3 rings (SSSR count). The van der Waals surface area contributed by atoms with Crippen LogP contribution in [0.3, 0.4) is 0 Å². The van der Waals surface area contributed by atoms with Crippen molar-refractivity contribution in [2.24, 2.45) is 0 Å². The minimum absolute atomic E-state index is 0.286. The number of nitrogens with zero attached hydrogens (tertiary/aromatic N) is 2. The third kappa shape index (κ3) is 4.34. The summed E-state index contributed by atoms with van der Waals surface area (Å²) in [5.74, 6) is -0.627. The molecule has 0 aliphatic carbocycles. The molecule has 0 saturated heterocycles. The number of H-pyrrole nitrogens is 1. The highest BCUT2D eigenvalue weighted by molar-refractivity contribution is 6.30. The van der Waals surface area contributed by atoms with Crippen LogP contribution in [0.15, 0.2) is 54.9 Å². The third-order valence-corrected chi connectivity index (χ3v) is 3.98. The van der Waals surface area contributed by atoms with Gasteiger partial charge in [0.15, 0.2) is 0 Å². The van der Waals surface area contributed by atoms with Crippen LogP contribution in [0.25, 0.3) is 17.3 Å². The largest absolute Gasteiger partial charge is 0.344 e. The second-order valence-electron chi connectivity index (χ2n) is 5.67. The number of halogens is 2. The first-order valence-corrected chi connectivity index (χ1v) is 8.30. The normalized spacial score (nSPS) is 12.3. The Bertz CT molecular complexity index is 954. The van der Waals surface area contributed by atoms with E-state index in [0.717, 1.165) is 0 Å². The van der Waals surface area contributed by atoms with Crippen LogP contribution in [0.1, 0.15) is 24.2 Å². The molecule has 132 valence electrons. The predicted octanol–water partition coefficient (Wildman–Crippen LogP) is 4.15. The van der Waals surface area contributed by atoms with Gasteiger partial charge in [0.1, 0.15) is 5.82 Å². The second kappa shape index (κ2) is 7.93. The standard InChI is InChI=1S/C19H16ClFN4O/c1-12(17-10-15(20)7-8-22-17)24-18(26)6-5-14-11-23-25-19(14)13-3-2-4-16(21)9-13/h2-12H,1H3,(H,23,25)(H,24,26)/b6-5+. The molecular weight excluding hydrogens is 355 g/mol. The lowest BCUT2D eigenvalue weighted by Gasteiger charge is -2.11. The molecule has 3 aromatic rings. The molecule has 1 amide bonds. The number of pyridine rings is 1. The van der Waals surface area contributed by atoms with Gasteiger partial charge in [-0.25, -0.2) is 4.39 Å². The van der Waals surface area contributed by atoms with Gasteiger partial charge in [0, 0.05) is 28.4 Å². The highest BCUT2D eigenvalue weighted by Crippen LogP contribution is 2.22. The lowest BCUT2D eigenvalue weighted by molar-refractivity contribution is -0.117. The number of benzene rings is 1. The van der Waals surface area contributed by atoms with E-state index in [1.165, 1.54) is 18.2 Å². The van der Waals surface area contributed by atoms with Crippen molar-refractivity contribution in [2.75, 3.05) is 0 Å². The van der Waals surface area contributed by atoms with Crippen molar-refractivity contribution < 1.29 is 9.18 Å². The summed E-state index contributed by atoms with van der Waals surface area (Å²) in [5.41, 5.74) is 2.64. The number of nitrogens with one attached hydrogen (secondary N) is 2. The number of amides is 1. The number of carbonyl (C=O) groups excluding carboxylic acids is 1. The van der Waals surface area contributed by atoms with Gasteiger partial charge in [-0.2, -0.15) is 5.10 Å². The summed E-state index contributed by atoms with van der Waals surface area (Å²) in [6, 6.07) is 9.23. The molecular formula is C19H16ClFN4O. The Labute approximate surface area is 154 Å². The molecule has 7 heteroatoms. The second-order valence-corrected chi connectivity index (χ2v) is 6.11. The lowest BCUT2D eigenvalue weighted by atomic mass is 10.1. The summed E-state index contributed by atoms with van der Waals surface area (Å²) in [4.78, 5) is 16.4. The van der Waals surface area contributed by atoms with Crippen LogP contribution in [0, 0.1) is 5.82 Å². The van der Waals surface area contributed by atoms with Crippen LogP contribution in [0.4, 0.5) is 4.39 Å². The molecule has 0 fully saturated rings. The van der Waals surface area contributed by atoms with E-state index in [1.807, 2.05) is 6.92 Å². The molecule has 0 radical (unpaired) electrons. The van der Waals surface area contributed by atoms with Crippen LogP contribution >= 0.6 is 11.6 Å². The highest BCUT2D eigenvalue weighted by Gasteiger charge is 2.10. The van der Waals surface area contributed by atoms with Crippen molar-refractivity contribution in [3.63, 3.8) is 0 Å². The quantitative estimate of drug-likeness (QED) is 0.662. The number of rotatable bonds is 5. The number of hydrogen-bond donors (Lipinski definition) is 2. The van der Waals surface area contributed by atoms with Gasteiger partial charge < -0.3 is 5.32 Å². The fourth-order valence-corrected chi connectivity index (χ4v) is 2.62. The van der Waals surface area contributed by atoms with Gasteiger partial charge >= 0.3 is 0 Å². The molecule has 0 aliphatic heterocycles. The van der Waals surface area contributed by atoms with E-state index >= 15 is 0 Å². The summed E-state index contributed by atoms with van der Waals surface area (Å²) in [7, 11) is 0. The Morgan fingerprint density at radius 3 is 2.96 bits per heavy atom. The molecule has 2 aromatic heterocycles. The monoisotopic (exact) mass is 370 g/mol. The molecule has 0 spiro atoms. The molecule has 1 atom stereocenters. The minimum Gasteiger partial charge on any atom is -0.344 e. The Balaban J connectivity index is 1.70. The SMILES string of the molecule is CC(NC(=O)/C=C/c1cn[nH]c1-c1cccc(F)c1)c1cc(Cl)ccn1. The van der Waals surface area contributed by atoms with Crippen molar-refractivity contribution in [3.05, 3.63) is 77.0 Å². The van der Waals surface area contributed by atoms with Gasteiger partial charge in [0.25, 0.3) is 0 Å². The Morgan fingerprint density at radius 1 is 1.35 bits per heavy atom. The third-order valence-electron chi connectivity index (χ3n) is 3.74. The maximum absolute atomic E-state index is 13.4. The zero-order valence-electron chi connectivity index (χ0n) is 13.9. The fraction of sp³-hybridized carbons (Fsp3) is 0.105. The fourth-order valence-electron chi connectivity index (χ4n) is 2.46. The lowest BCUT2D eigenvalue weighted by Crippen LogP contribution is -2.25. The molecule has 1 aromatic carbocycles. The smallest absolute Gasteiger partial charge is 0.244 e. The Hall–Kier alpha value is -2.99. The van der Waals surface area contributed by atoms with Crippen molar-refractivity contribution in [3.8, 4) is 11.3 Å². The number of aromatic nitrogens is 3. The molecule has 2 heterocycles. The van der Waals surface area contributed by atoms with E-state index in [4.69, 9.17) is 11.6 Å². The van der Waals surface area contributed by atoms with Crippen LogP contribution in [0.2, 0.25) is 5.02 Å². The number of hydrogen-bond acceptors (Lipinski definition) is 3. The van der Waals surface area contributed by atoms with E-state index in [0.29, 0.717) is 27.5 Å². The molecule has 1 unspecified atom stereocenters. The van der Waals surface area contributed by atoms with Crippen molar-refractivity contribution >= 4 is 23.6 Å².